The lowest BCUT2D eigenvalue weighted by Gasteiger charge is -2.15. The molecular weight excluding hydrogens is 711 g/mol. The highest BCUT2D eigenvalue weighted by molar-refractivity contribution is 6.23. The minimum atomic E-state index is 0.535. The molecule has 13 aromatic rings. The standard InChI is InChI=1S/C51H31N7/c1-2-16-32(17-3-1)55-41-24-10-8-22-37(41)39-30-31-40-38-23-9-15-29-46(38)58(48(40)47(39)55)51-53-49(56-42-25-11-4-18-33(42)34-19-5-12-26-43(34)56)52-50(54-51)57-44-27-13-6-20-35(44)36-21-7-14-28-45(36)57/h1-31H. The molecule has 0 amide bonds. The molecule has 13 rings (SSSR count). The summed E-state index contributed by atoms with van der Waals surface area (Å²) < 4.78 is 9.04. The van der Waals surface area contributed by atoms with Crippen molar-refractivity contribution in [1.82, 2.24) is 33.2 Å². The second-order valence-electron chi connectivity index (χ2n) is 14.9. The first-order valence-corrected chi connectivity index (χ1v) is 19.6. The molecule has 270 valence electrons. The number of nitrogens with zero attached hydrogens (tertiary/aromatic N) is 7. The summed E-state index contributed by atoms with van der Waals surface area (Å²) in [6.07, 6.45) is 0. The quantitative estimate of drug-likeness (QED) is 0.180. The number of hydrogen-bond acceptors (Lipinski definition) is 3. The van der Waals surface area contributed by atoms with Gasteiger partial charge in [-0.25, -0.2) is 0 Å². The number of para-hydroxylation sites is 7. The molecule has 5 aromatic heterocycles. The first-order valence-electron chi connectivity index (χ1n) is 19.6. The topological polar surface area (TPSA) is 58.4 Å². The summed E-state index contributed by atoms with van der Waals surface area (Å²) in [6, 6.07) is 66.5. The van der Waals surface area contributed by atoms with Crippen LogP contribution in [0.1, 0.15) is 0 Å². The monoisotopic (exact) mass is 741 g/mol. The van der Waals surface area contributed by atoms with Crippen molar-refractivity contribution in [2.45, 2.75) is 0 Å². The lowest BCUT2D eigenvalue weighted by molar-refractivity contribution is 0.848. The van der Waals surface area contributed by atoms with E-state index >= 15 is 0 Å². The number of rotatable bonds is 4. The Morgan fingerprint density at radius 1 is 0.224 bits per heavy atom. The van der Waals surface area contributed by atoms with Crippen LogP contribution in [0.4, 0.5) is 0 Å². The van der Waals surface area contributed by atoms with Crippen LogP contribution in [0.2, 0.25) is 0 Å². The maximum absolute atomic E-state index is 5.53. The number of aromatic nitrogens is 7. The van der Waals surface area contributed by atoms with Crippen LogP contribution in [0.25, 0.3) is 111 Å². The lowest BCUT2D eigenvalue weighted by atomic mass is 10.1. The van der Waals surface area contributed by atoms with E-state index in [-0.39, 0.29) is 0 Å². The Labute approximate surface area is 330 Å². The highest BCUT2D eigenvalue weighted by Gasteiger charge is 2.25. The molecule has 0 N–H and O–H groups in total. The molecule has 8 aromatic carbocycles. The molecule has 7 nitrogen and oxygen atoms in total. The number of fused-ring (bicyclic) bond motifs is 13. The molecule has 0 saturated heterocycles. The van der Waals surface area contributed by atoms with E-state index in [9.17, 15) is 0 Å². The molecule has 0 saturated carbocycles. The Morgan fingerprint density at radius 3 is 0.897 bits per heavy atom. The summed E-state index contributed by atoms with van der Waals surface area (Å²) >= 11 is 0. The average molecular weight is 742 g/mol. The highest BCUT2D eigenvalue weighted by atomic mass is 15.3. The van der Waals surface area contributed by atoms with Gasteiger partial charge in [-0.2, -0.15) is 15.0 Å². The Kier molecular flexibility index (Phi) is 6.32. The van der Waals surface area contributed by atoms with Gasteiger partial charge in [0.15, 0.2) is 0 Å². The van der Waals surface area contributed by atoms with Gasteiger partial charge in [0.25, 0.3) is 0 Å². The first-order chi connectivity index (χ1) is 28.8. The van der Waals surface area contributed by atoms with Gasteiger partial charge in [0, 0.05) is 48.8 Å². The predicted molar refractivity (Wildman–Crippen MR) is 237 cm³/mol. The smallest absolute Gasteiger partial charge is 0.241 e. The van der Waals surface area contributed by atoms with Gasteiger partial charge in [0.2, 0.25) is 17.8 Å². The molecular formula is C51H31N7. The lowest BCUT2D eigenvalue weighted by Crippen LogP contribution is -2.13. The van der Waals surface area contributed by atoms with E-state index in [1.165, 1.54) is 5.39 Å². The van der Waals surface area contributed by atoms with E-state index in [0.29, 0.717) is 17.8 Å². The van der Waals surface area contributed by atoms with Crippen molar-refractivity contribution in [3.63, 3.8) is 0 Å². The zero-order chi connectivity index (χ0) is 37.9. The Balaban J connectivity index is 1.24. The van der Waals surface area contributed by atoms with Gasteiger partial charge in [-0.05, 0) is 48.5 Å². The van der Waals surface area contributed by atoms with Crippen molar-refractivity contribution in [3.8, 4) is 23.5 Å². The van der Waals surface area contributed by atoms with E-state index in [4.69, 9.17) is 15.0 Å². The molecule has 0 spiro atoms. The van der Waals surface area contributed by atoms with Crippen molar-refractivity contribution in [3.05, 3.63) is 188 Å². The van der Waals surface area contributed by atoms with Crippen LogP contribution in [-0.4, -0.2) is 33.2 Å². The molecule has 0 bridgehead atoms. The summed E-state index contributed by atoms with van der Waals surface area (Å²) in [7, 11) is 0. The molecule has 58 heavy (non-hydrogen) atoms. The zero-order valence-electron chi connectivity index (χ0n) is 31.0. The van der Waals surface area contributed by atoms with Gasteiger partial charge in [-0.15, -0.1) is 0 Å². The van der Waals surface area contributed by atoms with Crippen LogP contribution < -0.4 is 0 Å². The second-order valence-corrected chi connectivity index (χ2v) is 14.9. The average Bonchev–Trinajstić information content (AvgIpc) is 4.02. The summed E-state index contributed by atoms with van der Waals surface area (Å²) in [6.45, 7) is 0. The zero-order valence-corrected chi connectivity index (χ0v) is 31.0. The van der Waals surface area contributed by atoms with Crippen LogP contribution >= 0.6 is 0 Å². The Bertz CT molecular complexity index is 3570. The summed E-state index contributed by atoms with van der Waals surface area (Å²) in [4.78, 5) is 16.5. The molecule has 0 aliphatic heterocycles. The summed E-state index contributed by atoms with van der Waals surface area (Å²) in [5.74, 6) is 1.62. The van der Waals surface area contributed by atoms with Gasteiger partial charge in [0.1, 0.15) is 0 Å². The summed E-state index contributed by atoms with van der Waals surface area (Å²) in [5.41, 5.74) is 9.49. The maximum atomic E-state index is 5.53. The van der Waals surface area contributed by atoms with E-state index < -0.39 is 0 Å². The maximum Gasteiger partial charge on any atom is 0.241 e. The van der Waals surface area contributed by atoms with E-state index in [0.717, 1.165) is 87.5 Å². The van der Waals surface area contributed by atoms with E-state index in [2.05, 4.69) is 206 Å². The molecule has 0 atom stereocenters. The molecule has 0 aliphatic rings. The largest absolute Gasteiger partial charge is 0.307 e. The fourth-order valence-electron chi connectivity index (χ4n) is 9.47. The van der Waals surface area contributed by atoms with E-state index in [1.54, 1.807) is 0 Å². The molecule has 0 aliphatic carbocycles. The molecule has 0 radical (unpaired) electrons. The SMILES string of the molecule is c1ccc(-n2c3ccccc3c3ccc4c5ccccc5n(-c5nc(-n6c7ccccc7c7ccccc76)nc(-n6c7ccccc7c7ccccc76)n5)c4c32)cc1. The fourth-order valence-corrected chi connectivity index (χ4v) is 9.47. The van der Waals surface area contributed by atoms with Gasteiger partial charge >= 0.3 is 0 Å². The van der Waals surface area contributed by atoms with Gasteiger partial charge in [-0.1, -0.05) is 140 Å². The Morgan fingerprint density at radius 2 is 0.500 bits per heavy atom. The minimum Gasteiger partial charge on any atom is -0.307 e. The number of hydrogen-bond donors (Lipinski definition) is 0. The van der Waals surface area contributed by atoms with Gasteiger partial charge in [-0.3, -0.25) is 13.7 Å². The van der Waals surface area contributed by atoms with Crippen molar-refractivity contribution < 1.29 is 0 Å². The fraction of sp³-hybridized carbons (Fsp3) is 0. The van der Waals surface area contributed by atoms with Crippen molar-refractivity contribution in [2.24, 2.45) is 0 Å². The number of benzene rings is 8. The third-order valence-corrected chi connectivity index (χ3v) is 11.8. The third kappa shape index (κ3) is 4.19. The van der Waals surface area contributed by atoms with Crippen LogP contribution in [-0.2, 0) is 0 Å². The van der Waals surface area contributed by atoms with Crippen LogP contribution in [0.15, 0.2) is 188 Å². The van der Waals surface area contributed by atoms with Crippen molar-refractivity contribution in [2.75, 3.05) is 0 Å². The van der Waals surface area contributed by atoms with Crippen LogP contribution in [0.3, 0.4) is 0 Å². The normalized spacial score (nSPS) is 12.1. The van der Waals surface area contributed by atoms with E-state index in [1.807, 2.05) is 0 Å². The van der Waals surface area contributed by atoms with Crippen molar-refractivity contribution >= 4 is 87.2 Å². The van der Waals surface area contributed by atoms with Crippen molar-refractivity contribution in [1.29, 1.82) is 0 Å². The Hall–Kier alpha value is -8.03. The van der Waals surface area contributed by atoms with Gasteiger partial charge in [0.05, 0.1) is 44.1 Å². The molecule has 0 fully saturated rings. The predicted octanol–water partition coefficient (Wildman–Crippen LogP) is 12.3. The second kappa shape index (κ2) is 11.7. The molecule has 7 heteroatoms. The third-order valence-electron chi connectivity index (χ3n) is 11.8. The van der Waals surface area contributed by atoms with Crippen LogP contribution in [0.5, 0.6) is 0 Å². The summed E-state index contributed by atoms with van der Waals surface area (Å²) in [5, 5.41) is 9.17. The highest BCUT2D eigenvalue weighted by Crippen LogP contribution is 2.42. The van der Waals surface area contributed by atoms with Gasteiger partial charge < -0.3 is 4.57 Å². The molecule has 5 heterocycles. The molecule has 0 unspecified atom stereocenters. The first kappa shape index (κ1) is 31.2. The van der Waals surface area contributed by atoms with Crippen LogP contribution in [0, 0.1) is 0 Å². The minimum absolute atomic E-state index is 0.535.